The lowest BCUT2D eigenvalue weighted by Crippen LogP contribution is -2.60. The molecule has 1 heterocycles. The molecule has 0 aromatic carbocycles. The third-order valence-electron chi connectivity index (χ3n) is 9.94. The summed E-state index contributed by atoms with van der Waals surface area (Å²) in [4.78, 5) is 12.6. The fourth-order valence-electron chi connectivity index (χ4n) is 7.88. The van der Waals surface area contributed by atoms with Crippen molar-refractivity contribution >= 4 is 5.78 Å². The molecule has 0 bridgehead atoms. The van der Waals surface area contributed by atoms with E-state index < -0.39 is 37.3 Å². The summed E-state index contributed by atoms with van der Waals surface area (Å²) in [6.07, 6.45) is 3.56. The zero-order valence-electron chi connectivity index (χ0n) is 19.2. The van der Waals surface area contributed by atoms with Crippen LogP contribution in [0.4, 0.5) is 0 Å². The third-order valence-corrected chi connectivity index (χ3v) is 9.94. The minimum absolute atomic E-state index is 0.116. The van der Waals surface area contributed by atoms with Gasteiger partial charge in [0.1, 0.15) is 30.2 Å². The highest BCUT2D eigenvalue weighted by molar-refractivity contribution is 5.87. The lowest BCUT2D eigenvalue weighted by Gasteiger charge is -2.57. The van der Waals surface area contributed by atoms with E-state index in [0.29, 0.717) is 23.5 Å². The highest BCUT2D eigenvalue weighted by Gasteiger charge is 2.58. The van der Waals surface area contributed by atoms with Gasteiger partial charge in [0.05, 0.1) is 12.7 Å². The second-order valence-electron chi connectivity index (χ2n) is 11.4. The van der Waals surface area contributed by atoms with Crippen LogP contribution < -0.4 is 0 Å². The van der Waals surface area contributed by atoms with Crippen LogP contribution >= 0.6 is 0 Å². The summed E-state index contributed by atoms with van der Waals surface area (Å²) in [6.45, 7) is 4.14. The summed E-state index contributed by atoms with van der Waals surface area (Å²) >= 11 is 0. The molecule has 3 unspecified atom stereocenters. The lowest BCUT2D eigenvalue weighted by molar-refractivity contribution is -0.313. The predicted molar refractivity (Wildman–Crippen MR) is 115 cm³/mol. The first-order valence-corrected chi connectivity index (χ1v) is 12.4. The van der Waals surface area contributed by atoms with Gasteiger partial charge in [-0.25, -0.2) is 0 Å². The predicted octanol–water partition coefficient (Wildman–Crippen LogP) is 1.70. The number of fused-ring (bicyclic) bond motifs is 5. The van der Waals surface area contributed by atoms with Gasteiger partial charge in [-0.1, -0.05) is 25.5 Å². The summed E-state index contributed by atoms with van der Waals surface area (Å²) in [5, 5.41) is 39.8. The second kappa shape index (κ2) is 8.14. The van der Waals surface area contributed by atoms with Gasteiger partial charge in [-0.05, 0) is 68.1 Å². The maximum atomic E-state index is 12.6. The van der Waals surface area contributed by atoms with Crippen molar-refractivity contribution in [3.8, 4) is 0 Å². The Morgan fingerprint density at radius 1 is 1.03 bits per heavy atom. The van der Waals surface area contributed by atoms with Gasteiger partial charge in [0.25, 0.3) is 0 Å². The van der Waals surface area contributed by atoms with Gasteiger partial charge in [0.15, 0.2) is 6.29 Å². The van der Waals surface area contributed by atoms with Crippen molar-refractivity contribution in [3.05, 3.63) is 11.6 Å². The number of hydrogen-bond donors (Lipinski definition) is 4. The molecular weight excluding hydrogens is 412 g/mol. The number of aliphatic hydroxyl groups is 4. The van der Waals surface area contributed by atoms with Crippen LogP contribution in [0, 0.1) is 28.6 Å². The smallest absolute Gasteiger partial charge is 0.186 e. The molecule has 7 heteroatoms. The lowest BCUT2D eigenvalue weighted by atomic mass is 9.48. The van der Waals surface area contributed by atoms with Gasteiger partial charge in [-0.15, -0.1) is 0 Å². The molecular formula is C25H38O7. The van der Waals surface area contributed by atoms with Gasteiger partial charge in [0.2, 0.25) is 0 Å². The quantitative estimate of drug-likeness (QED) is 0.484. The van der Waals surface area contributed by atoms with Gasteiger partial charge in [-0.3, -0.25) is 4.79 Å². The Morgan fingerprint density at radius 3 is 2.50 bits per heavy atom. The minimum Gasteiger partial charge on any atom is -0.394 e. The first kappa shape index (κ1) is 22.9. The van der Waals surface area contributed by atoms with Crippen molar-refractivity contribution in [1.29, 1.82) is 0 Å². The molecule has 0 amide bonds. The Labute approximate surface area is 189 Å². The molecule has 7 nitrogen and oxygen atoms in total. The van der Waals surface area contributed by atoms with E-state index in [9.17, 15) is 25.2 Å². The Kier molecular flexibility index (Phi) is 5.83. The maximum absolute atomic E-state index is 12.6. The Hall–Kier alpha value is -0.830. The number of ether oxygens (including phenoxy) is 2. The molecule has 180 valence electrons. The van der Waals surface area contributed by atoms with Gasteiger partial charge < -0.3 is 29.9 Å². The number of hydrogen-bond acceptors (Lipinski definition) is 7. The molecule has 5 aliphatic rings. The standard InChI is InChI=1S/C25H38O7/c1-24-9-7-14(31-23-22(30)21(29)20(28)18(12-26)32-23)11-13(24)3-4-15-16-5-6-19(27)25(16,2)10-8-17(15)24/h3,14-18,20-23,26,28-30H,4-12H2,1-2H3/t14-,15?,16?,17?,18-,20-,21+,22-,23-,24-,25-/m0/s1. The molecule has 0 aromatic heterocycles. The van der Waals surface area contributed by atoms with Crippen molar-refractivity contribution in [2.75, 3.05) is 6.61 Å². The van der Waals surface area contributed by atoms with E-state index >= 15 is 0 Å². The van der Waals surface area contributed by atoms with E-state index in [-0.39, 0.29) is 16.9 Å². The minimum atomic E-state index is -1.42. The molecule has 11 atom stereocenters. The van der Waals surface area contributed by atoms with E-state index in [4.69, 9.17) is 9.47 Å². The van der Waals surface area contributed by atoms with Crippen molar-refractivity contribution in [2.45, 2.75) is 102 Å². The first-order valence-electron chi connectivity index (χ1n) is 12.4. The number of carbonyl (C=O) groups excluding carboxylic acids is 1. The molecule has 4 aliphatic carbocycles. The van der Waals surface area contributed by atoms with Crippen LogP contribution in [0.5, 0.6) is 0 Å². The van der Waals surface area contributed by atoms with E-state index in [0.717, 1.165) is 51.4 Å². The summed E-state index contributed by atoms with van der Waals surface area (Å²) < 4.78 is 11.7. The van der Waals surface area contributed by atoms with Gasteiger partial charge >= 0.3 is 0 Å². The van der Waals surface area contributed by atoms with Crippen molar-refractivity contribution < 1.29 is 34.7 Å². The van der Waals surface area contributed by atoms with E-state index in [1.165, 1.54) is 5.57 Å². The zero-order valence-corrected chi connectivity index (χ0v) is 19.2. The molecule has 32 heavy (non-hydrogen) atoms. The second-order valence-corrected chi connectivity index (χ2v) is 11.4. The molecule has 1 aliphatic heterocycles. The highest BCUT2D eigenvalue weighted by atomic mass is 16.7. The molecule has 0 aromatic rings. The van der Waals surface area contributed by atoms with Crippen LogP contribution in [-0.2, 0) is 14.3 Å². The first-order chi connectivity index (χ1) is 15.2. The fraction of sp³-hybridized carbons (Fsp3) is 0.880. The van der Waals surface area contributed by atoms with E-state index in [1.54, 1.807) is 0 Å². The number of Topliss-reactive ketones (excluding diaryl/α,β-unsaturated/α-hetero) is 1. The highest BCUT2D eigenvalue weighted by Crippen LogP contribution is 2.64. The van der Waals surface area contributed by atoms with Gasteiger partial charge in [-0.2, -0.15) is 0 Å². The summed E-state index contributed by atoms with van der Waals surface area (Å²) in [7, 11) is 0. The normalized spacial score (nSPS) is 53.2. The van der Waals surface area contributed by atoms with Crippen molar-refractivity contribution in [2.24, 2.45) is 28.6 Å². The van der Waals surface area contributed by atoms with Crippen molar-refractivity contribution in [3.63, 3.8) is 0 Å². The number of carbonyl (C=O) groups is 1. The maximum Gasteiger partial charge on any atom is 0.186 e. The average molecular weight is 451 g/mol. The van der Waals surface area contributed by atoms with Crippen LogP contribution in [-0.4, -0.2) is 69.6 Å². The monoisotopic (exact) mass is 450 g/mol. The van der Waals surface area contributed by atoms with E-state index in [1.807, 2.05) is 0 Å². The van der Waals surface area contributed by atoms with Crippen LogP contribution in [0.25, 0.3) is 0 Å². The fourth-order valence-corrected chi connectivity index (χ4v) is 7.88. The Balaban J connectivity index is 1.29. The topological polar surface area (TPSA) is 116 Å². The zero-order chi connectivity index (χ0) is 22.8. The van der Waals surface area contributed by atoms with Crippen molar-refractivity contribution in [1.82, 2.24) is 0 Å². The molecule has 0 radical (unpaired) electrons. The summed E-state index contributed by atoms with van der Waals surface area (Å²) in [6, 6.07) is 0. The number of rotatable bonds is 3. The number of allylic oxidation sites excluding steroid dienone is 1. The third kappa shape index (κ3) is 3.35. The van der Waals surface area contributed by atoms with Crippen LogP contribution in [0.2, 0.25) is 0 Å². The summed E-state index contributed by atoms with van der Waals surface area (Å²) in [5.41, 5.74) is 1.41. The van der Waals surface area contributed by atoms with E-state index in [2.05, 4.69) is 19.9 Å². The Morgan fingerprint density at radius 2 is 1.75 bits per heavy atom. The number of aliphatic hydroxyl groups excluding tert-OH is 4. The number of ketones is 1. The Bertz CT molecular complexity index is 780. The van der Waals surface area contributed by atoms with Crippen LogP contribution in [0.1, 0.15) is 65.2 Å². The van der Waals surface area contributed by atoms with Gasteiger partial charge in [0, 0.05) is 11.8 Å². The molecule has 0 spiro atoms. The molecule has 4 fully saturated rings. The average Bonchev–Trinajstić information content (AvgIpc) is 3.09. The SMILES string of the molecule is C[C@]12CC[C@H](O[C@H]3O[C@@H](CO)[C@H](O)[C@@H](O)[C@@H]3O)CC1=CCC1C2CC[C@]2(C)C(=O)CCC12. The molecule has 5 rings (SSSR count). The summed E-state index contributed by atoms with van der Waals surface area (Å²) in [5.74, 6) is 2.15. The molecule has 1 saturated heterocycles. The molecule has 3 saturated carbocycles. The molecule has 4 N–H and O–H groups in total. The van der Waals surface area contributed by atoms with Crippen LogP contribution in [0.15, 0.2) is 11.6 Å². The largest absolute Gasteiger partial charge is 0.394 e. The van der Waals surface area contributed by atoms with Crippen LogP contribution in [0.3, 0.4) is 0 Å².